The second-order valence-electron chi connectivity index (χ2n) is 5.61. The number of likely N-dealkylation sites (tertiary alicyclic amines) is 1. The minimum absolute atomic E-state index is 0.394. The molecule has 2 atom stereocenters. The first-order valence-corrected chi connectivity index (χ1v) is 7.00. The molecule has 2 unspecified atom stereocenters. The minimum atomic E-state index is 0.394. The Balaban J connectivity index is 2.00. The summed E-state index contributed by atoms with van der Waals surface area (Å²) in [6.07, 6.45) is 1.10. The zero-order valence-corrected chi connectivity index (χ0v) is 11.7. The van der Waals surface area contributed by atoms with Crippen LogP contribution in [0.2, 0.25) is 0 Å². The molecule has 2 heterocycles. The molecule has 0 aromatic heterocycles. The molecule has 0 saturated carbocycles. The van der Waals surface area contributed by atoms with Crippen molar-refractivity contribution >= 4 is 0 Å². The van der Waals surface area contributed by atoms with E-state index in [1.54, 1.807) is 0 Å². The van der Waals surface area contributed by atoms with Crippen LogP contribution in [0, 0.1) is 12.8 Å². The highest BCUT2D eigenvalue weighted by Crippen LogP contribution is 2.45. The Morgan fingerprint density at radius 3 is 2.84 bits per heavy atom. The fourth-order valence-corrected chi connectivity index (χ4v) is 3.26. The third-order valence-corrected chi connectivity index (χ3v) is 4.27. The average Bonchev–Trinajstić information content (AvgIpc) is 2.80. The molecule has 0 radical (unpaired) electrons. The lowest BCUT2D eigenvalue weighted by Gasteiger charge is -2.28. The molecule has 1 fully saturated rings. The Morgan fingerprint density at radius 1 is 1.32 bits per heavy atom. The summed E-state index contributed by atoms with van der Waals surface area (Å²) in [5, 5.41) is 0. The van der Waals surface area contributed by atoms with Crippen LogP contribution in [0.4, 0.5) is 0 Å². The summed E-state index contributed by atoms with van der Waals surface area (Å²) in [5.74, 6) is 2.41. The normalized spacial score (nSPS) is 26.7. The van der Waals surface area contributed by atoms with Crippen LogP contribution in [0.5, 0.6) is 11.5 Å². The highest BCUT2D eigenvalue weighted by atomic mass is 16.6. The Bertz CT molecular complexity index is 475. The molecule has 104 valence electrons. The van der Waals surface area contributed by atoms with E-state index in [9.17, 15) is 0 Å². The molecular formula is C15H22N2O2. The standard InChI is InChI=1S/C15H22N2O2/c1-10-3-4-13-15(19-6-5-18-13)14(10)12-7-11(8-16)9-17(12)2/h3-4,11-12H,5-9,16H2,1-2H3. The molecule has 0 aliphatic carbocycles. The summed E-state index contributed by atoms with van der Waals surface area (Å²) in [7, 11) is 2.17. The fourth-order valence-electron chi connectivity index (χ4n) is 3.26. The summed E-state index contributed by atoms with van der Waals surface area (Å²) < 4.78 is 11.6. The third kappa shape index (κ3) is 2.19. The summed E-state index contributed by atoms with van der Waals surface area (Å²) in [6, 6.07) is 4.54. The molecule has 19 heavy (non-hydrogen) atoms. The quantitative estimate of drug-likeness (QED) is 0.881. The second kappa shape index (κ2) is 5.02. The van der Waals surface area contributed by atoms with Crippen molar-refractivity contribution < 1.29 is 9.47 Å². The minimum Gasteiger partial charge on any atom is -0.486 e. The van der Waals surface area contributed by atoms with Crippen LogP contribution in [0.1, 0.15) is 23.6 Å². The zero-order chi connectivity index (χ0) is 13.4. The van der Waals surface area contributed by atoms with Gasteiger partial charge in [0.2, 0.25) is 0 Å². The van der Waals surface area contributed by atoms with E-state index in [0.29, 0.717) is 25.2 Å². The van der Waals surface area contributed by atoms with Crippen molar-refractivity contribution in [2.45, 2.75) is 19.4 Å². The maximum atomic E-state index is 5.88. The number of ether oxygens (including phenoxy) is 2. The summed E-state index contributed by atoms with van der Waals surface area (Å²) in [6.45, 7) is 5.25. The number of nitrogens with zero attached hydrogens (tertiary/aromatic N) is 1. The van der Waals surface area contributed by atoms with Gasteiger partial charge in [-0.05, 0) is 44.5 Å². The van der Waals surface area contributed by atoms with Crippen LogP contribution in [0.15, 0.2) is 12.1 Å². The van der Waals surface area contributed by atoms with Gasteiger partial charge in [0, 0.05) is 18.2 Å². The second-order valence-corrected chi connectivity index (χ2v) is 5.61. The molecule has 1 aromatic carbocycles. The number of hydrogen-bond donors (Lipinski definition) is 1. The van der Waals surface area contributed by atoms with Crippen molar-refractivity contribution in [2.75, 3.05) is 33.4 Å². The largest absolute Gasteiger partial charge is 0.486 e. The lowest BCUT2D eigenvalue weighted by atomic mass is 9.95. The molecule has 0 amide bonds. The topological polar surface area (TPSA) is 47.7 Å². The van der Waals surface area contributed by atoms with E-state index in [4.69, 9.17) is 15.2 Å². The number of benzene rings is 1. The number of hydrogen-bond acceptors (Lipinski definition) is 4. The Morgan fingerprint density at radius 2 is 2.11 bits per heavy atom. The van der Waals surface area contributed by atoms with E-state index in [1.165, 1.54) is 11.1 Å². The van der Waals surface area contributed by atoms with Gasteiger partial charge in [0.05, 0.1) is 0 Å². The van der Waals surface area contributed by atoms with Gasteiger partial charge in [-0.1, -0.05) is 6.07 Å². The summed E-state index contributed by atoms with van der Waals surface area (Å²) in [5.41, 5.74) is 8.39. The molecule has 2 N–H and O–H groups in total. The smallest absolute Gasteiger partial charge is 0.166 e. The van der Waals surface area contributed by atoms with E-state index in [2.05, 4.69) is 24.9 Å². The number of nitrogens with two attached hydrogens (primary N) is 1. The highest BCUT2D eigenvalue weighted by molar-refractivity contribution is 5.53. The van der Waals surface area contributed by atoms with Crippen LogP contribution in [-0.2, 0) is 0 Å². The molecule has 4 heteroatoms. The first-order chi connectivity index (χ1) is 9.20. The number of aryl methyl sites for hydroxylation is 1. The van der Waals surface area contributed by atoms with Crippen molar-refractivity contribution in [1.29, 1.82) is 0 Å². The molecule has 0 spiro atoms. The van der Waals surface area contributed by atoms with Gasteiger partial charge in [0.1, 0.15) is 13.2 Å². The average molecular weight is 262 g/mol. The molecule has 2 aliphatic heterocycles. The van der Waals surface area contributed by atoms with Crippen molar-refractivity contribution in [2.24, 2.45) is 11.7 Å². The number of rotatable bonds is 2. The van der Waals surface area contributed by atoms with Gasteiger partial charge >= 0.3 is 0 Å². The Hall–Kier alpha value is -1.26. The van der Waals surface area contributed by atoms with Crippen molar-refractivity contribution in [3.63, 3.8) is 0 Å². The van der Waals surface area contributed by atoms with E-state index in [1.807, 2.05) is 6.07 Å². The van der Waals surface area contributed by atoms with Gasteiger partial charge < -0.3 is 15.2 Å². The predicted octanol–water partition coefficient (Wildman–Crippen LogP) is 1.72. The first-order valence-electron chi connectivity index (χ1n) is 7.00. The van der Waals surface area contributed by atoms with Gasteiger partial charge in [0.15, 0.2) is 11.5 Å². The van der Waals surface area contributed by atoms with Gasteiger partial charge in [-0.3, -0.25) is 4.90 Å². The summed E-state index contributed by atoms with van der Waals surface area (Å²) in [4.78, 5) is 2.39. The van der Waals surface area contributed by atoms with Crippen LogP contribution in [0.3, 0.4) is 0 Å². The van der Waals surface area contributed by atoms with Crippen LogP contribution in [0.25, 0.3) is 0 Å². The van der Waals surface area contributed by atoms with Crippen molar-refractivity contribution in [3.05, 3.63) is 23.3 Å². The monoisotopic (exact) mass is 262 g/mol. The van der Waals surface area contributed by atoms with Crippen LogP contribution in [-0.4, -0.2) is 38.3 Å². The molecular weight excluding hydrogens is 240 g/mol. The predicted molar refractivity (Wildman–Crippen MR) is 74.7 cm³/mol. The summed E-state index contributed by atoms with van der Waals surface area (Å²) >= 11 is 0. The molecule has 2 aliphatic rings. The molecule has 1 saturated heterocycles. The fraction of sp³-hybridized carbons (Fsp3) is 0.600. The molecule has 4 nitrogen and oxygen atoms in total. The van der Waals surface area contributed by atoms with E-state index >= 15 is 0 Å². The van der Waals surface area contributed by atoms with Gasteiger partial charge in [-0.25, -0.2) is 0 Å². The lowest BCUT2D eigenvalue weighted by molar-refractivity contribution is 0.166. The van der Waals surface area contributed by atoms with Gasteiger partial charge in [-0.15, -0.1) is 0 Å². The maximum Gasteiger partial charge on any atom is 0.166 e. The zero-order valence-electron chi connectivity index (χ0n) is 11.7. The van der Waals surface area contributed by atoms with Gasteiger partial charge in [0.25, 0.3) is 0 Å². The number of fused-ring (bicyclic) bond motifs is 1. The van der Waals surface area contributed by atoms with E-state index in [-0.39, 0.29) is 0 Å². The molecule has 0 bridgehead atoms. The Kier molecular flexibility index (Phi) is 3.37. The highest BCUT2D eigenvalue weighted by Gasteiger charge is 2.34. The van der Waals surface area contributed by atoms with E-state index in [0.717, 1.165) is 31.0 Å². The van der Waals surface area contributed by atoms with Gasteiger partial charge in [-0.2, -0.15) is 0 Å². The molecule has 1 aromatic rings. The molecule has 3 rings (SSSR count). The maximum absolute atomic E-state index is 5.88. The van der Waals surface area contributed by atoms with Crippen LogP contribution >= 0.6 is 0 Å². The third-order valence-electron chi connectivity index (χ3n) is 4.27. The first kappa shape index (κ1) is 12.8. The lowest BCUT2D eigenvalue weighted by Crippen LogP contribution is -2.23. The van der Waals surface area contributed by atoms with Crippen LogP contribution < -0.4 is 15.2 Å². The Labute approximate surface area is 114 Å². The van der Waals surface area contributed by atoms with Crippen molar-refractivity contribution in [3.8, 4) is 11.5 Å². The SMILES string of the molecule is Cc1ccc2c(c1C1CC(CN)CN1C)OCCO2. The van der Waals surface area contributed by atoms with E-state index < -0.39 is 0 Å². The van der Waals surface area contributed by atoms with Crippen molar-refractivity contribution in [1.82, 2.24) is 4.90 Å².